The summed E-state index contributed by atoms with van der Waals surface area (Å²) in [5.74, 6) is -0.0977. The minimum Gasteiger partial charge on any atom is -0.308 e. The minimum absolute atomic E-state index is 0.0318. The Bertz CT molecular complexity index is 632. The molecule has 104 valence electrons. The van der Waals surface area contributed by atoms with Crippen LogP contribution >= 0.6 is 0 Å². The first kappa shape index (κ1) is 14.1. The van der Waals surface area contributed by atoms with Crippen LogP contribution in [0.5, 0.6) is 0 Å². The SMILES string of the molecule is CC(C)N(C(=O)Cn1ccccc1=O)c1ccccc1. The van der Waals surface area contributed by atoms with Crippen molar-refractivity contribution in [2.24, 2.45) is 0 Å². The van der Waals surface area contributed by atoms with E-state index in [-0.39, 0.29) is 24.1 Å². The van der Waals surface area contributed by atoms with Gasteiger partial charge in [-0.15, -0.1) is 0 Å². The van der Waals surface area contributed by atoms with Crippen LogP contribution in [0.15, 0.2) is 59.5 Å². The molecule has 0 aliphatic rings. The van der Waals surface area contributed by atoms with E-state index < -0.39 is 0 Å². The lowest BCUT2D eigenvalue weighted by Crippen LogP contribution is -2.40. The topological polar surface area (TPSA) is 42.3 Å². The third-order valence-corrected chi connectivity index (χ3v) is 3.02. The molecule has 1 amide bonds. The lowest BCUT2D eigenvalue weighted by Gasteiger charge is -2.27. The highest BCUT2D eigenvalue weighted by atomic mass is 16.2. The lowest BCUT2D eigenvalue weighted by atomic mass is 10.2. The molecule has 1 aromatic carbocycles. The molecule has 1 aromatic heterocycles. The number of rotatable bonds is 4. The van der Waals surface area contributed by atoms with Gasteiger partial charge in [-0.05, 0) is 32.0 Å². The molecule has 0 radical (unpaired) electrons. The molecule has 1 heterocycles. The number of hydrogen-bond donors (Lipinski definition) is 0. The Balaban J connectivity index is 2.25. The zero-order valence-electron chi connectivity index (χ0n) is 11.7. The number of carbonyl (C=O) groups excluding carboxylic acids is 1. The molecule has 0 aliphatic carbocycles. The van der Waals surface area contributed by atoms with Gasteiger partial charge in [-0.1, -0.05) is 24.3 Å². The van der Waals surface area contributed by atoms with Crippen molar-refractivity contribution < 1.29 is 4.79 Å². The number of amides is 1. The van der Waals surface area contributed by atoms with Gasteiger partial charge in [0.1, 0.15) is 6.54 Å². The summed E-state index contributed by atoms with van der Waals surface area (Å²) in [5, 5.41) is 0. The van der Waals surface area contributed by atoms with Gasteiger partial charge in [0, 0.05) is 24.0 Å². The van der Waals surface area contributed by atoms with Gasteiger partial charge in [-0.25, -0.2) is 0 Å². The highest BCUT2D eigenvalue weighted by molar-refractivity contribution is 5.93. The second-order valence-electron chi connectivity index (χ2n) is 4.86. The van der Waals surface area contributed by atoms with Crippen LogP contribution in [0.2, 0.25) is 0 Å². The summed E-state index contributed by atoms with van der Waals surface area (Å²) in [7, 11) is 0. The molecule has 20 heavy (non-hydrogen) atoms. The minimum atomic E-state index is -0.169. The van der Waals surface area contributed by atoms with Crippen LogP contribution in [0.25, 0.3) is 0 Å². The monoisotopic (exact) mass is 270 g/mol. The summed E-state index contributed by atoms with van der Waals surface area (Å²) in [6, 6.07) is 14.4. The molecule has 0 N–H and O–H groups in total. The number of benzene rings is 1. The second kappa shape index (κ2) is 6.19. The average Bonchev–Trinajstić information content (AvgIpc) is 2.42. The standard InChI is InChI=1S/C16H18N2O2/c1-13(2)18(14-8-4-3-5-9-14)16(20)12-17-11-7-6-10-15(17)19/h3-11,13H,12H2,1-2H3. The van der Waals surface area contributed by atoms with Crippen LogP contribution in [0, 0.1) is 0 Å². The molecular formula is C16H18N2O2. The van der Waals surface area contributed by atoms with E-state index in [0.717, 1.165) is 5.69 Å². The van der Waals surface area contributed by atoms with E-state index in [0.29, 0.717) is 0 Å². The summed E-state index contributed by atoms with van der Waals surface area (Å²) in [4.78, 5) is 25.9. The molecule has 4 heteroatoms. The molecule has 0 saturated carbocycles. The molecular weight excluding hydrogens is 252 g/mol. The molecule has 0 saturated heterocycles. The number of para-hydroxylation sites is 1. The van der Waals surface area contributed by atoms with Gasteiger partial charge >= 0.3 is 0 Å². The van der Waals surface area contributed by atoms with E-state index in [2.05, 4.69) is 0 Å². The normalized spacial score (nSPS) is 10.6. The number of carbonyl (C=O) groups is 1. The van der Waals surface area contributed by atoms with Crippen LogP contribution in [0.1, 0.15) is 13.8 Å². The molecule has 4 nitrogen and oxygen atoms in total. The molecule has 0 fully saturated rings. The third kappa shape index (κ3) is 3.15. The number of nitrogens with zero attached hydrogens (tertiary/aromatic N) is 2. The average molecular weight is 270 g/mol. The molecule has 0 spiro atoms. The molecule has 0 aliphatic heterocycles. The van der Waals surface area contributed by atoms with Gasteiger partial charge < -0.3 is 9.47 Å². The third-order valence-electron chi connectivity index (χ3n) is 3.02. The number of hydrogen-bond acceptors (Lipinski definition) is 2. The summed E-state index contributed by atoms with van der Waals surface area (Å²) in [6.45, 7) is 3.96. The van der Waals surface area contributed by atoms with Crippen LogP contribution < -0.4 is 10.5 Å². The molecule has 2 aromatic rings. The van der Waals surface area contributed by atoms with Crippen LogP contribution in [-0.2, 0) is 11.3 Å². The number of pyridine rings is 1. The van der Waals surface area contributed by atoms with Gasteiger partial charge in [0.25, 0.3) is 5.56 Å². The fourth-order valence-electron chi connectivity index (χ4n) is 2.13. The first-order chi connectivity index (χ1) is 9.59. The van der Waals surface area contributed by atoms with E-state index in [4.69, 9.17) is 0 Å². The summed E-state index contributed by atoms with van der Waals surface area (Å²) in [5.41, 5.74) is 0.675. The zero-order chi connectivity index (χ0) is 14.5. The first-order valence-corrected chi connectivity index (χ1v) is 6.62. The Morgan fingerprint density at radius 3 is 2.35 bits per heavy atom. The Kier molecular flexibility index (Phi) is 4.35. The predicted octanol–water partition coefficient (Wildman–Crippen LogP) is 2.29. The van der Waals surface area contributed by atoms with E-state index in [1.54, 1.807) is 23.2 Å². The maximum Gasteiger partial charge on any atom is 0.250 e. The van der Waals surface area contributed by atoms with Crippen LogP contribution in [0.4, 0.5) is 5.69 Å². The van der Waals surface area contributed by atoms with Crippen molar-refractivity contribution in [3.05, 3.63) is 65.1 Å². The van der Waals surface area contributed by atoms with Gasteiger partial charge in [-0.2, -0.15) is 0 Å². The smallest absolute Gasteiger partial charge is 0.250 e. The summed E-state index contributed by atoms with van der Waals surface area (Å²) in [6.07, 6.45) is 1.63. The Hall–Kier alpha value is -2.36. The highest BCUT2D eigenvalue weighted by Crippen LogP contribution is 2.16. The fourth-order valence-corrected chi connectivity index (χ4v) is 2.13. The molecule has 0 bridgehead atoms. The second-order valence-corrected chi connectivity index (χ2v) is 4.86. The first-order valence-electron chi connectivity index (χ1n) is 6.62. The largest absolute Gasteiger partial charge is 0.308 e. The maximum absolute atomic E-state index is 12.5. The number of aromatic nitrogens is 1. The quantitative estimate of drug-likeness (QED) is 0.855. The van der Waals surface area contributed by atoms with E-state index in [1.807, 2.05) is 44.2 Å². The van der Waals surface area contributed by atoms with Gasteiger partial charge in [0.15, 0.2) is 0 Å². The van der Waals surface area contributed by atoms with E-state index in [9.17, 15) is 9.59 Å². The fraction of sp³-hybridized carbons (Fsp3) is 0.250. The Morgan fingerprint density at radius 1 is 1.10 bits per heavy atom. The number of anilines is 1. The van der Waals surface area contributed by atoms with Crippen molar-refractivity contribution in [1.29, 1.82) is 0 Å². The molecule has 0 unspecified atom stereocenters. The predicted molar refractivity (Wildman–Crippen MR) is 79.8 cm³/mol. The van der Waals surface area contributed by atoms with Crippen molar-refractivity contribution in [3.63, 3.8) is 0 Å². The lowest BCUT2D eigenvalue weighted by molar-refractivity contribution is -0.119. The van der Waals surface area contributed by atoms with Crippen molar-refractivity contribution in [2.75, 3.05) is 4.90 Å². The van der Waals surface area contributed by atoms with Crippen molar-refractivity contribution in [3.8, 4) is 0 Å². The Labute approximate surface area is 118 Å². The van der Waals surface area contributed by atoms with Gasteiger partial charge in [0.2, 0.25) is 5.91 Å². The van der Waals surface area contributed by atoms with Crippen molar-refractivity contribution >= 4 is 11.6 Å². The van der Waals surface area contributed by atoms with E-state index in [1.165, 1.54) is 10.6 Å². The summed E-state index contributed by atoms with van der Waals surface area (Å²) < 4.78 is 1.42. The van der Waals surface area contributed by atoms with Gasteiger partial charge in [0.05, 0.1) is 0 Å². The van der Waals surface area contributed by atoms with Crippen LogP contribution in [0.3, 0.4) is 0 Å². The van der Waals surface area contributed by atoms with Crippen molar-refractivity contribution in [2.45, 2.75) is 26.4 Å². The summed E-state index contributed by atoms with van der Waals surface area (Å²) >= 11 is 0. The Morgan fingerprint density at radius 2 is 1.75 bits per heavy atom. The zero-order valence-corrected chi connectivity index (χ0v) is 11.7. The van der Waals surface area contributed by atoms with Gasteiger partial charge in [-0.3, -0.25) is 9.59 Å². The highest BCUT2D eigenvalue weighted by Gasteiger charge is 2.19. The molecule has 0 atom stereocenters. The maximum atomic E-state index is 12.5. The molecule has 2 rings (SSSR count). The van der Waals surface area contributed by atoms with E-state index >= 15 is 0 Å². The van der Waals surface area contributed by atoms with Crippen LogP contribution in [-0.4, -0.2) is 16.5 Å². The van der Waals surface area contributed by atoms with Crippen molar-refractivity contribution in [1.82, 2.24) is 4.57 Å².